The van der Waals surface area contributed by atoms with Crippen LogP contribution in [0, 0.1) is 0 Å². The van der Waals surface area contributed by atoms with Crippen LogP contribution in [0.1, 0.15) is 20.8 Å². The fourth-order valence-corrected chi connectivity index (χ4v) is 2.28. The first-order valence-corrected chi connectivity index (χ1v) is 7.43. The van der Waals surface area contributed by atoms with Gasteiger partial charge in [0.2, 0.25) is 5.91 Å². The smallest absolute Gasteiger partial charge is 0.273 e. The Balaban J connectivity index is 1.77. The minimum Gasteiger partial charge on any atom is -0.366 e. The summed E-state index contributed by atoms with van der Waals surface area (Å²) in [5.41, 5.74) is 7.78. The number of carbonyl (C=O) groups is 2. The van der Waals surface area contributed by atoms with Crippen molar-refractivity contribution < 1.29 is 9.59 Å². The van der Waals surface area contributed by atoms with Crippen LogP contribution in [-0.2, 0) is 0 Å². The maximum absolute atomic E-state index is 12.3. The molecule has 0 spiro atoms. The van der Waals surface area contributed by atoms with Gasteiger partial charge >= 0.3 is 0 Å². The molecule has 0 radical (unpaired) electrons. The minimum absolute atomic E-state index is 0.296. The van der Waals surface area contributed by atoms with E-state index in [0.717, 1.165) is 5.56 Å². The van der Waals surface area contributed by atoms with Gasteiger partial charge in [-0.05, 0) is 36.4 Å². The number of hydrogen-bond acceptors (Lipinski definition) is 3. The van der Waals surface area contributed by atoms with Crippen LogP contribution in [0.3, 0.4) is 0 Å². The lowest BCUT2D eigenvalue weighted by Crippen LogP contribution is -2.14. The van der Waals surface area contributed by atoms with E-state index in [2.05, 4.69) is 15.5 Å². The van der Waals surface area contributed by atoms with E-state index in [1.807, 2.05) is 12.1 Å². The van der Waals surface area contributed by atoms with Gasteiger partial charge in [-0.1, -0.05) is 29.8 Å². The first-order chi connectivity index (χ1) is 11.5. The minimum atomic E-state index is -0.558. The molecular formula is C17H13ClN4O2. The predicted molar refractivity (Wildman–Crippen MR) is 91.9 cm³/mol. The molecule has 6 nitrogen and oxygen atoms in total. The molecule has 3 aromatic rings. The van der Waals surface area contributed by atoms with Crippen molar-refractivity contribution in [2.24, 2.45) is 5.73 Å². The molecule has 4 N–H and O–H groups in total. The third-order valence-electron chi connectivity index (χ3n) is 3.37. The first kappa shape index (κ1) is 15.8. The number of nitrogens with two attached hydrogens (primary N) is 1. The highest BCUT2D eigenvalue weighted by molar-refractivity contribution is 6.30. The fraction of sp³-hybridized carbons (Fsp3) is 0. The molecule has 1 aromatic heterocycles. The molecule has 0 aliphatic carbocycles. The quantitative estimate of drug-likeness (QED) is 0.680. The van der Waals surface area contributed by atoms with Crippen LogP contribution in [0.5, 0.6) is 0 Å². The third-order valence-corrected chi connectivity index (χ3v) is 3.62. The summed E-state index contributed by atoms with van der Waals surface area (Å²) in [6.45, 7) is 0. The number of rotatable bonds is 4. The van der Waals surface area contributed by atoms with E-state index in [-0.39, 0.29) is 5.91 Å². The number of benzene rings is 2. The van der Waals surface area contributed by atoms with Gasteiger partial charge in [0.15, 0.2) is 0 Å². The lowest BCUT2D eigenvalue weighted by molar-refractivity contribution is 0.0995. The second-order valence-corrected chi connectivity index (χ2v) is 5.51. The van der Waals surface area contributed by atoms with Crippen molar-refractivity contribution in [1.29, 1.82) is 0 Å². The Hall–Kier alpha value is -3.12. The zero-order chi connectivity index (χ0) is 17.1. The van der Waals surface area contributed by atoms with E-state index < -0.39 is 5.91 Å². The predicted octanol–water partition coefficient (Wildman–Crippen LogP) is 3.08. The molecule has 0 saturated heterocycles. The molecular weight excluding hydrogens is 328 g/mol. The molecule has 120 valence electrons. The van der Waals surface area contributed by atoms with Crippen molar-refractivity contribution in [2.75, 3.05) is 5.32 Å². The number of aromatic nitrogens is 2. The van der Waals surface area contributed by atoms with Crippen molar-refractivity contribution >= 4 is 29.1 Å². The van der Waals surface area contributed by atoms with E-state index in [1.165, 1.54) is 6.07 Å². The van der Waals surface area contributed by atoms with Gasteiger partial charge in [-0.15, -0.1) is 0 Å². The number of carbonyl (C=O) groups excluding carboxylic acids is 2. The van der Waals surface area contributed by atoms with Crippen LogP contribution in [0.25, 0.3) is 11.3 Å². The number of anilines is 1. The van der Waals surface area contributed by atoms with Gasteiger partial charge in [0.05, 0.1) is 5.69 Å². The van der Waals surface area contributed by atoms with Gasteiger partial charge in [0, 0.05) is 21.8 Å². The Morgan fingerprint density at radius 1 is 1.08 bits per heavy atom. The molecule has 7 heteroatoms. The molecule has 0 bridgehead atoms. The normalized spacial score (nSPS) is 10.4. The van der Waals surface area contributed by atoms with Crippen LogP contribution in [0.4, 0.5) is 5.69 Å². The van der Waals surface area contributed by atoms with Gasteiger partial charge < -0.3 is 11.1 Å². The molecule has 0 aliphatic heterocycles. The summed E-state index contributed by atoms with van der Waals surface area (Å²) in [6, 6.07) is 15.2. The van der Waals surface area contributed by atoms with E-state index in [9.17, 15) is 9.59 Å². The van der Waals surface area contributed by atoms with Crippen LogP contribution in [0.2, 0.25) is 5.02 Å². The second kappa shape index (κ2) is 6.55. The van der Waals surface area contributed by atoms with Crippen molar-refractivity contribution in [2.45, 2.75) is 0 Å². The Kier molecular flexibility index (Phi) is 4.31. The third kappa shape index (κ3) is 3.44. The number of H-pyrrole nitrogens is 1. The highest BCUT2D eigenvalue weighted by Gasteiger charge is 2.12. The van der Waals surface area contributed by atoms with Crippen LogP contribution in [-0.4, -0.2) is 22.0 Å². The van der Waals surface area contributed by atoms with Gasteiger partial charge in [-0.25, -0.2) is 0 Å². The zero-order valence-electron chi connectivity index (χ0n) is 12.4. The molecule has 2 amide bonds. The average Bonchev–Trinajstić information content (AvgIpc) is 3.06. The van der Waals surface area contributed by atoms with Crippen LogP contribution in [0.15, 0.2) is 54.6 Å². The Morgan fingerprint density at radius 2 is 1.83 bits per heavy atom. The van der Waals surface area contributed by atoms with Gasteiger partial charge in [-0.3, -0.25) is 14.7 Å². The maximum atomic E-state index is 12.3. The van der Waals surface area contributed by atoms with Crippen LogP contribution < -0.4 is 11.1 Å². The molecule has 0 saturated carbocycles. The summed E-state index contributed by atoms with van der Waals surface area (Å²) in [6.07, 6.45) is 0. The average molecular weight is 341 g/mol. The summed E-state index contributed by atoms with van der Waals surface area (Å²) in [4.78, 5) is 23.5. The van der Waals surface area contributed by atoms with E-state index >= 15 is 0 Å². The Morgan fingerprint density at radius 3 is 2.54 bits per heavy atom. The lowest BCUT2D eigenvalue weighted by atomic mass is 10.1. The first-order valence-electron chi connectivity index (χ1n) is 7.05. The second-order valence-electron chi connectivity index (χ2n) is 5.07. The number of hydrogen-bond donors (Lipinski definition) is 3. The van der Waals surface area contributed by atoms with Crippen molar-refractivity contribution in [3.05, 3.63) is 70.9 Å². The highest BCUT2D eigenvalue weighted by atomic mass is 35.5. The molecule has 0 aliphatic rings. The summed E-state index contributed by atoms with van der Waals surface area (Å²) in [5.74, 6) is -0.929. The van der Waals surface area contributed by atoms with E-state index in [1.54, 1.807) is 36.4 Å². The fourth-order valence-electron chi connectivity index (χ4n) is 2.16. The zero-order valence-corrected chi connectivity index (χ0v) is 13.2. The molecule has 1 heterocycles. The molecule has 0 atom stereocenters. The van der Waals surface area contributed by atoms with Gasteiger partial charge in [-0.2, -0.15) is 5.10 Å². The number of nitrogens with zero attached hydrogens (tertiary/aromatic N) is 1. The number of amides is 2. The number of aromatic amines is 1. The number of primary amides is 1. The highest BCUT2D eigenvalue weighted by Crippen LogP contribution is 2.20. The maximum Gasteiger partial charge on any atom is 0.273 e. The molecule has 0 fully saturated rings. The van der Waals surface area contributed by atoms with Crippen LogP contribution >= 0.6 is 11.6 Å². The Labute approximate surface area is 142 Å². The monoisotopic (exact) mass is 340 g/mol. The standard InChI is InChI=1S/C17H13ClN4O2/c18-12-6-4-10(5-7-12)14-9-15(22-21-14)17(24)20-13-3-1-2-11(8-13)16(19)23/h1-9H,(H2,19,23)(H,20,24)(H,21,22). The van der Waals surface area contributed by atoms with E-state index in [0.29, 0.717) is 27.7 Å². The molecule has 0 unspecified atom stereocenters. The summed E-state index contributed by atoms with van der Waals surface area (Å²) in [7, 11) is 0. The van der Waals surface area contributed by atoms with Crippen molar-refractivity contribution in [3.63, 3.8) is 0 Å². The SMILES string of the molecule is NC(=O)c1cccc(NC(=O)c2cc(-c3ccc(Cl)cc3)n[nH]2)c1. The molecule has 3 rings (SSSR count). The van der Waals surface area contributed by atoms with Gasteiger partial charge in [0.1, 0.15) is 5.69 Å². The summed E-state index contributed by atoms with van der Waals surface area (Å²) >= 11 is 5.85. The summed E-state index contributed by atoms with van der Waals surface area (Å²) in [5, 5.41) is 10.1. The summed E-state index contributed by atoms with van der Waals surface area (Å²) < 4.78 is 0. The topological polar surface area (TPSA) is 101 Å². The largest absolute Gasteiger partial charge is 0.366 e. The molecule has 24 heavy (non-hydrogen) atoms. The number of nitrogens with one attached hydrogen (secondary N) is 2. The van der Waals surface area contributed by atoms with Crippen molar-refractivity contribution in [1.82, 2.24) is 10.2 Å². The lowest BCUT2D eigenvalue weighted by Gasteiger charge is -2.04. The number of halogens is 1. The van der Waals surface area contributed by atoms with E-state index in [4.69, 9.17) is 17.3 Å². The Bertz CT molecular complexity index is 903. The van der Waals surface area contributed by atoms with Crippen molar-refractivity contribution in [3.8, 4) is 11.3 Å². The molecule has 2 aromatic carbocycles. The van der Waals surface area contributed by atoms with Gasteiger partial charge in [0.25, 0.3) is 5.91 Å².